The maximum absolute atomic E-state index is 12.5. The fourth-order valence-corrected chi connectivity index (χ4v) is 3.87. The quantitative estimate of drug-likeness (QED) is 0.808. The minimum Gasteiger partial charge on any atom is -0.341 e. The van der Waals surface area contributed by atoms with E-state index in [1.807, 2.05) is 0 Å². The molecule has 0 unspecified atom stereocenters. The maximum Gasteiger partial charge on any atom is 0.227 e. The van der Waals surface area contributed by atoms with Gasteiger partial charge in [0.1, 0.15) is 0 Å². The van der Waals surface area contributed by atoms with Crippen LogP contribution in [-0.2, 0) is 40.7 Å². The Hall–Kier alpha value is -2.18. The highest BCUT2D eigenvalue weighted by atomic mass is 32.2. The van der Waals surface area contributed by atoms with E-state index in [-0.39, 0.29) is 17.2 Å². The van der Waals surface area contributed by atoms with Gasteiger partial charge in [-0.1, -0.05) is 30.3 Å². The van der Waals surface area contributed by atoms with Crippen molar-refractivity contribution in [3.05, 3.63) is 64.7 Å². The summed E-state index contributed by atoms with van der Waals surface area (Å²) in [6, 6.07) is 12.9. The summed E-state index contributed by atoms with van der Waals surface area (Å²) < 4.78 is 23.0. The van der Waals surface area contributed by atoms with Gasteiger partial charge in [-0.15, -0.1) is 0 Å². The highest BCUT2D eigenvalue weighted by Gasteiger charge is 2.17. The topological polar surface area (TPSA) is 57.7 Å². The Bertz CT molecular complexity index is 921. The number of carbonyl (C=O) groups is 1. The first kappa shape index (κ1) is 18.6. The molecule has 0 saturated heterocycles. The van der Waals surface area contributed by atoms with Crippen LogP contribution < -0.4 is 0 Å². The van der Waals surface area contributed by atoms with E-state index in [2.05, 4.69) is 30.1 Å². The van der Waals surface area contributed by atoms with Crippen LogP contribution in [0.1, 0.15) is 22.3 Å². The van der Waals surface area contributed by atoms with E-state index in [0.717, 1.165) is 24.2 Å². The van der Waals surface area contributed by atoms with E-state index in [1.54, 1.807) is 36.2 Å². The molecular weight excluding hydrogens is 348 g/mol. The lowest BCUT2D eigenvalue weighted by molar-refractivity contribution is -0.129. The summed E-state index contributed by atoms with van der Waals surface area (Å²) in [4.78, 5) is 16.7. The molecule has 6 heteroatoms. The molecule has 2 aromatic rings. The van der Waals surface area contributed by atoms with Crippen LogP contribution in [0.5, 0.6) is 0 Å². The van der Waals surface area contributed by atoms with Crippen molar-refractivity contribution in [1.82, 2.24) is 9.80 Å². The van der Waals surface area contributed by atoms with E-state index in [4.69, 9.17) is 0 Å². The molecule has 138 valence electrons. The second-order valence-corrected chi connectivity index (χ2v) is 9.13. The standard InChI is InChI=1S/C20H24N2O3S/c1-21-13-17-7-4-16(10-18(17)14-21)12-22(2)20(23)11-15-5-8-19(9-6-15)26(3,24)25/h4-10H,11-14H2,1-3H3. The Morgan fingerprint density at radius 2 is 1.65 bits per heavy atom. The number of amides is 1. The van der Waals surface area contributed by atoms with Gasteiger partial charge in [-0.2, -0.15) is 0 Å². The first-order valence-corrected chi connectivity index (χ1v) is 10.4. The number of hydrogen-bond donors (Lipinski definition) is 0. The van der Waals surface area contributed by atoms with Crippen LogP contribution in [0.4, 0.5) is 0 Å². The monoisotopic (exact) mass is 372 g/mol. The summed E-state index contributed by atoms with van der Waals surface area (Å²) in [7, 11) is 0.687. The zero-order chi connectivity index (χ0) is 18.9. The summed E-state index contributed by atoms with van der Waals surface area (Å²) in [6.45, 7) is 2.50. The Kier molecular flexibility index (Phi) is 5.16. The smallest absolute Gasteiger partial charge is 0.227 e. The molecule has 0 atom stereocenters. The SMILES string of the molecule is CN1Cc2ccc(CN(C)C(=O)Cc3ccc(S(C)(=O)=O)cc3)cc2C1. The highest BCUT2D eigenvalue weighted by molar-refractivity contribution is 7.90. The molecule has 0 N–H and O–H groups in total. The molecular formula is C20H24N2O3S. The van der Waals surface area contributed by atoms with E-state index < -0.39 is 9.84 Å². The van der Waals surface area contributed by atoms with Crippen LogP contribution >= 0.6 is 0 Å². The molecule has 0 fully saturated rings. The van der Waals surface area contributed by atoms with Gasteiger partial charge in [-0.25, -0.2) is 8.42 Å². The summed E-state index contributed by atoms with van der Waals surface area (Å²) in [6.07, 6.45) is 1.43. The van der Waals surface area contributed by atoms with Gasteiger partial charge in [-0.05, 0) is 41.4 Å². The van der Waals surface area contributed by atoms with Gasteiger partial charge < -0.3 is 4.90 Å². The number of likely N-dealkylation sites (N-methyl/N-ethyl adjacent to an activating group) is 1. The molecule has 3 rings (SSSR count). The number of sulfone groups is 1. The number of carbonyl (C=O) groups excluding carboxylic acids is 1. The van der Waals surface area contributed by atoms with Crippen molar-refractivity contribution in [3.8, 4) is 0 Å². The third kappa shape index (κ3) is 4.31. The van der Waals surface area contributed by atoms with Crippen molar-refractivity contribution in [1.29, 1.82) is 0 Å². The minimum atomic E-state index is -3.21. The number of rotatable bonds is 5. The highest BCUT2D eigenvalue weighted by Crippen LogP contribution is 2.23. The van der Waals surface area contributed by atoms with Crippen molar-refractivity contribution in [2.75, 3.05) is 20.4 Å². The Balaban J connectivity index is 1.62. The zero-order valence-electron chi connectivity index (χ0n) is 15.4. The van der Waals surface area contributed by atoms with Crippen LogP contribution in [-0.4, -0.2) is 44.5 Å². The molecule has 0 aromatic heterocycles. The van der Waals surface area contributed by atoms with Gasteiger partial charge in [0.15, 0.2) is 9.84 Å². The van der Waals surface area contributed by atoms with Gasteiger partial charge in [-0.3, -0.25) is 9.69 Å². The lowest BCUT2D eigenvalue weighted by atomic mass is 10.1. The number of benzene rings is 2. The maximum atomic E-state index is 12.5. The van der Waals surface area contributed by atoms with Crippen LogP contribution in [0.25, 0.3) is 0 Å². The molecule has 0 aliphatic carbocycles. The van der Waals surface area contributed by atoms with Crippen molar-refractivity contribution in [3.63, 3.8) is 0 Å². The fourth-order valence-electron chi connectivity index (χ4n) is 3.24. The lowest BCUT2D eigenvalue weighted by Gasteiger charge is -2.18. The van der Waals surface area contributed by atoms with Crippen LogP contribution in [0, 0.1) is 0 Å². The molecule has 0 saturated carbocycles. The molecule has 5 nitrogen and oxygen atoms in total. The minimum absolute atomic E-state index is 0.00900. The Morgan fingerprint density at radius 3 is 2.31 bits per heavy atom. The molecule has 26 heavy (non-hydrogen) atoms. The average molecular weight is 372 g/mol. The van der Waals surface area contributed by atoms with Gasteiger partial charge >= 0.3 is 0 Å². The Morgan fingerprint density at radius 1 is 1.04 bits per heavy atom. The number of hydrogen-bond acceptors (Lipinski definition) is 4. The Labute approximate surface area is 155 Å². The van der Waals surface area contributed by atoms with Gasteiger partial charge in [0.2, 0.25) is 5.91 Å². The van der Waals surface area contributed by atoms with E-state index in [9.17, 15) is 13.2 Å². The van der Waals surface area contributed by atoms with Crippen molar-refractivity contribution in [2.45, 2.75) is 31.0 Å². The van der Waals surface area contributed by atoms with Gasteiger partial charge in [0.05, 0.1) is 11.3 Å². The molecule has 0 bridgehead atoms. The fraction of sp³-hybridized carbons (Fsp3) is 0.350. The van der Waals surface area contributed by atoms with Gasteiger partial charge in [0, 0.05) is 32.9 Å². The second kappa shape index (κ2) is 7.21. The van der Waals surface area contributed by atoms with Crippen molar-refractivity contribution < 1.29 is 13.2 Å². The molecule has 1 aliphatic rings. The summed E-state index contributed by atoms with van der Waals surface area (Å²) in [5.41, 5.74) is 4.63. The second-order valence-electron chi connectivity index (χ2n) is 7.12. The third-order valence-electron chi connectivity index (χ3n) is 4.70. The predicted molar refractivity (Wildman–Crippen MR) is 101 cm³/mol. The summed E-state index contributed by atoms with van der Waals surface area (Å²) in [5, 5.41) is 0. The van der Waals surface area contributed by atoms with E-state index in [0.29, 0.717) is 6.54 Å². The van der Waals surface area contributed by atoms with Crippen LogP contribution in [0.15, 0.2) is 47.4 Å². The normalized spacial score (nSPS) is 14.3. The molecule has 1 heterocycles. The van der Waals surface area contributed by atoms with Crippen molar-refractivity contribution in [2.24, 2.45) is 0 Å². The summed E-state index contributed by atoms with van der Waals surface area (Å²) >= 11 is 0. The van der Waals surface area contributed by atoms with E-state index in [1.165, 1.54) is 17.4 Å². The first-order chi connectivity index (χ1) is 12.2. The molecule has 0 spiro atoms. The zero-order valence-corrected chi connectivity index (χ0v) is 16.2. The van der Waals surface area contributed by atoms with Crippen LogP contribution in [0.2, 0.25) is 0 Å². The average Bonchev–Trinajstić information content (AvgIpc) is 2.93. The van der Waals surface area contributed by atoms with Gasteiger partial charge in [0.25, 0.3) is 0 Å². The van der Waals surface area contributed by atoms with E-state index >= 15 is 0 Å². The molecule has 0 radical (unpaired) electrons. The first-order valence-electron chi connectivity index (χ1n) is 8.54. The van der Waals surface area contributed by atoms with Crippen molar-refractivity contribution >= 4 is 15.7 Å². The molecule has 2 aromatic carbocycles. The summed E-state index contributed by atoms with van der Waals surface area (Å²) in [5.74, 6) is 0.00900. The largest absolute Gasteiger partial charge is 0.341 e. The number of nitrogens with zero attached hydrogens (tertiary/aromatic N) is 2. The predicted octanol–water partition coefficient (Wildman–Crippen LogP) is 2.24. The number of fused-ring (bicyclic) bond motifs is 1. The molecule has 1 amide bonds. The molecule has 1 aliphatic heterocycles. The van der Waals surface area contributed by atoms with Crippen LogP contribution in [0.3, 0.4) is 0 Å². The third-order valence-corrected chi connectivity index (χ3v) is 5.83. The lowest BCUT2D eigenvalue weighted by Crippen LogP contribution is -2.27.